The van der Waals surface area contributed by atoms with Gasteiger partial charge in [-0.05, 0) is 61.1 Å². The summed E-state index contributed by atoms with van der Waals surface area (Å²) >= 11 is 0. The fourth-order valence-corrected chi connectivity index (χ4v) is 4.09. The van der Waals surface area contributed by atoms with Gasteiger partial charge in [0.2, 0.25) is 0 Å². The summed E-state index contributed by atoms with van der Waals surface area (Å²) in [5.41, 5.74) is 3.78. The predicted octanol–water partition coefficient (Wildman–Crippen LogP) is 4.46. The van der Waals surface area contributed by atoms with E-state index in [2.05, 4.69) is 22.2 Å². The molecule has 33 heavy (non-hydrogen) atoms. The number of hydrogen-bond donors (Lipinski definition) is 1. The summed E-state index contributed by atoms with van der Waals surface area (Å²) in [6, 6.07) is 24.2. The molecule has 4 aromatic rings. The van der Waals surface area contributed by atoms with Crippen molar-refractivity contribution in [2.75, 3.05) is 43.4 Å². The van der Waals surface area contributed by atoms with Gasteiger partial charge in [0.05, 0.1) is 5.56 Å². The van der Waals surface area contributed by atoms with E-state index in [0.717, 1.165) is 37.3 Å². The third kappa shape index (κ3) is 4.52. The van der Waals surface area contributed by atoms with Gasteiger partial charge < -0.3 is 19.5 Å². The van der Waals surface area contributed by atoms with Gasteiger partial charge in [-0.2, -0.15) is 0 Å². The average Bonchev–Trinajstić information content (AvgIpc) is 2.85. The molecule has 1 aliphatic heterocycles. The minimum atomic E-state index is -0.397. The number of carbonyl (C=O) groups excluding carboxylic acids is 1. The Morgan fingerprint density at radius 3 is 2.30 bits per heavy atom. The first kappa shape index (κ1) is 21.0. The van der Waals surface area contributed by atoms with E-state index in [1.54, 1.807) is 30.3 Å². The second-order valence-electron chi connectivity index (χ2n) is 8.35. The first-order valence-electron chi connectivity index (χ1n) is 11.0. The second kappa shape index (κ2) is 8.92. The van der Waals surface area contributed by atoms with Crippen molar-refractivity contribution >= 4 is 28.3 Å². The van der Waals surface area contributed by atoms with Crippen LogP contribution < -0.4 is 15.8 Å². The molecule has 1 fully saturated rings. The number of nitrogens with one attached hydrogen (secondary N) is 1. The maximum atomic E-state index is 12.7. The molecule has 2 heterocycles. The molecule has 0 atom stereocenters. The maximum absolute atomic E-state index is 12.7. The number of hydrogen-bond acceptors (Lipinski definition) is 5. The summed E-state index contributed by atoms with van der Waals surface area (Å²) in [4.78, 5) is 29.8. The van der Waals surface area contributed by atoms with Crippen LogP contribution >= 0.6 is 0 Å². The highest BCUT2D eigenvalue weighted by molar-refractivity contribution is 6.04. The van der Waals surface area contributed by atoms with Gasteiger partial charge in [0, 0.05) is 48.5 Å². The van der Waals surface area contributed by atoms with E-state index in [1.165, 1.54) is 5.69 Å². The molecule has 6 nitrogen and oxygen atoms in total. The molecule has 0 spiro atoms. The average molecular weight is 440 g/mol. The van der Waals surface area contributed by atoms with Crippen molar-refractivity contribution in [3.63, 3.8) is 0 Å². The number of anilines is 2. The number of rotatable bonds is 4. The molecule has 1 aromatic heterocycles. The smallest absolute Gasteiger partial charge is 0.344 e. The Kier molecular flexibility index (Phi) is 5.67. The number of fused-ring (bicyclic) bond motifs is 1. The Morgan fingerprint density at radius 2 is 1.58 bits per heavy atom. The standard InChI is InChI=1S/C27H25N3O3/c1-29-14-16-30(17-15-29)23-12-10-22(11-13-23)28-26(31)20-8-6-19(7-9-20)24-18-21-4-2-3-5-25(21)33-27(24)32/h2-13,18H,14-17H2,1H3,(H,28,31). The molecule has 5 rings (SSSR count). The van der Waals surface area contributed by atoms with E-state index in [4.69, 9.17) is 4.42 Å². The Balaban J connectivity index is 1.28. The van der Waals surface area contributed by atoms with E-state index in [0.29, 0.717) is 22.3 Å². The minimum Gasteiger partial charge on any atom is -0.422 e. The van der Waals surface area contributed by atoms with E-state index in [-0.39, 0.29) is 5.91 Å². The highest BCUT2D eigenvalue weighted by atomic mass is 16.4. The lowest BCUT2D eigenvalue weighted by molar-refractivity contribution is 0.102. The predicted molar refractivity (Wildman–Crippen MR) is 132 cm³/mol. The van der Waals surface area contributed by atoms with Gasteiger partial charge in [-0.1, -0.05) is 30.3 Å². The van der Waals surface area contributed by atoms with Crippen LogP contribution in [0, 0.1) is 0 Å². The molecule has 1 saturated heterocycles. The molecule has 0 saturated carbocycles. The van der Waals surface area contributed by atoms with Crippen LogP contribution in [0.3, 0.4) is 0 Å². The number of para-hydroxylation sites is 1. The van der Waals surface area contributed by atoms with Gasteiger partial charge in [-0.15, -0.1) is 0 Å². The molecular weight excluding hydrogens is 414 g/mol. The highest BCUT2D eigenvalue weighted by Crippen LogP contribution is 2.23. The van der Waals surface area contributed by atoms with Crippen molar-refractivity contribution in [2.24, 2.45) is 0 Å². The number of benzene rings is 3. The Bertz CT molecular complexity index is 1340. The molecule has 0 unspecified atom stereocenters. The van der Waals surface area contributed by atoms with Gasteiger partial charge in [0.25, 0.3) is 5.91 Å². The molecule has 6 heteroatoms. The maximum Gasteiger partial charge on any atom is 0.344 e. The summed E-state index contributed by atoms with van der Waals surface area (Å²) in [5.74, 6) is -0.195. The summed E-state index contributed by atoms with van der Waals surface area (Å²) in [6.07, 6.45) is 0. The zero-order valence-electron chi connectivity index (χ0n) is 18.5. The monoisotopic (exact) mass is 439 g/mol. The Labute approximate surface area is 192 Å². The van der Waals surface area contributed by atoms with Crippen molar-refractivity contribution in [1.82, 2.24) is 4.90 Å². The highest BCUT2D eigenvalue weighted by Gasteiger charge is 2.15. The normalized spacial score (nSPS) is 14.4. The molecule has 3 aromatic carbocycles. The molecule has 1 N–H and O–H groups in total. The largest absolute Gasteiger partial charge is 0.422 e. The fraction of sp³-hybridized carbons (Fsp3) is 0.185. The van der Waals surface area contributed by atoms with Gasteiger partial charge in [0.15, 0.2) is 0 Å². The van der Waals surface area contributed by atoms with Crippen LogP contribution in [0.15, 0.2) is 88.1 Å². The van der Waals surface area contributed by atoms with Crippen LogP contribution in [0.1, 0.15) is 10.4 Å². The SMILES string of the molecule is CN1CCN(c2ccc(NC(=O)c3ccc(-c4cc5ccccc5oc4=O)cc3)cc2)CC1. The number of carbonyl (C=O) groups is 1. The van der Waals surface area contributed by atoms with Crippen LogP contribution in [-0.4, -0.2) is 44.0 Å². The third-order valence-corrected chi connectivity index (χ3v) is 6.09. The number of piperazine rings is 1. The summed E-state index contributed by atoms with van der Waals surface area (Å²) in [6.45, 7) is 4.11. The molecular formula is C27H25N3O3. The first-order chi connectivity index (χ1) is 16.1. The van der Waals surface area contributed by atoms with Crippen molar-refractivity contribution in [3.05, 3.63) is 94.8 Å². The lowest BCUT2D eigenvalue weighted by Crippen LogP contribution is -2.44. The van der Waals surface area contributed by atoms with Crippen LogP contribution in [0.2, 0.25) is 0 Å². The van der Waals surface area contributed by atoms with Crippen molar-refractivity contribution in [2.45, 2.75) is 0 Å². The zero-order chi connectivity index (χ0) is 22.8. The zero-order valence-corrected chi connectivity index (χ0v) is 18.5. The van der Waals surface area contributed by atoms with Gasteiger partial charge in [-0.25, -0.2) is 4.79 Å². The Hall–Kier alpha value is -3.90. The first-order valence-corrected chi connectivity index (χ1v) is 11.0. The lowest BCUT2D eigenvalue weighted by Gasteiger charge is -2.34. The quantitative estimate of drug-likeness (QED) is 0.476. The third-order valence-electron chi connectivity index (χ3n) is 6.09. The van der Waals surface area contributed by atoms with E-state index in [9.17, 15) is 9.59 Å². The molecule has 166 valence electrons. The number of nitrogens with zero attached hydrogens (tertiary/aromatic N) is 2. The molecule has 1 aliphatic rings. The summed E-state index contributed by atoms with van der Waals surface area (Å²) in [5, 5.41) is 3.80. The number of likely N-dealkylation sites (N-methyl/N-ethyl adjacent to an activating group) is 1. The van der Waals surface area contributed by atoms with E-state index < -0.39 is 5.63 Å². The van der Waals surface area contributed by atoms with Gasteiger partial charge in [0.1, 0.15) is 5.58 Å². The lowest BCUT2D eigenvalue weighted by atomic mass is 10.0. The van der Waals surface area contributed by atoms with Gasteiger partial charge >= 0.3 is 5.63 Å². The van der Waals surface area contributed by atoms with E-state index >= 15 is 0 Å². The fourth-order valence-electron chi connectivity index (χ4n) is 4.09. The van der Waals surface area contributed by atoms with Crippen LogP contribution in [-0.2, 0) is 0 Å². The summed E-state index contributed by atoms with van der Waals surface area (Å²) in [7, 11) is 2.14. The van der Waals surface area contributed by atoms with Crippen molar-refractivity contribution in [3.8, 4) is 11.1 Å². The van der Waals surface area contributed by atoms with Crippen LogP contribution in [0.4, 0.5) is 11.4 Å². The van der Waals surface area contributed by atoms with Gasteiger partial charge in [-0.3, -0.25) is 4.79 Å². The minimum absolute atomic E-state index is 0.195. The molecule has 0 radical (unpaired) electrons. The van der Waals surface area contributed by atoms with Crippen LogP contribution in [0.25, 0.3) is 22.1 Å². The van der Waals surface area contributed by atoms with Crippen LogP contribution in [0.5, 0.6) is 0 Å². The van der Waals surface area contributed by atoms with Crippen molar-refractivity contribution in [1.29, 1.82) is 0 Å². The number of amides is 1. The topological polar surface area (TPSA) is 65.8 Å². The van der Waals surface area contributed by atoms with E-state index in [1.807, 2.05) is 48.5 Å². The van der Waals surface area contributed by atoms with Crippen molar-refractivity contribution < 1.29 is 9.21 Å². The molecule has 1 amide bonds. The summed E-state index contributed by atoms with van der Waals surface area (Å²) < 4.78 is 5.42. The Morgan fingerprint density at radius 1 is 0.879 bits per heavy atom. The second-order valence-corrected chi connectivity index (χ2v) is 8.35. The molecule has 0 bridgehead atoms. The molecule has 0 aliphatic carbocycles.